The summed E-state index contributed by atoms with van der Waals surface area (Å²) in [7, 11) is 0. The van der Waals surface area contributed by atoms with Gasteiger partial charge in [0, 0.05) is 24.5 Å². The lowest BCUT2D eigenvalue weighted by atomic mass is 10.00. The van der Waals surface area contributed by atoms with Crippen molar-refractivity contribution in [3.63, 3.8) is 0 Å². The summed E-state index contributed by atoms with van der Waals surface area (Å²) in [5.74, 6) is 1.40. The molecule has 5 nitrogen and oxygen atoms in total. The van der Waals surface area contributed by atoms with E-state index in [4.69, 9.17) is 4.74 Å². The van der Waals surface area contributed by atoms with Crippen LogP contribution >= 0.6 is 11.3 Å². The summed E-state index contributed by atoms with van der Waals surface area (Å²) in [5, 5.41) is 12.0. The largest absolute Gasteiger partial charge is 0.491 e. The third-order valence-corrected chi connectivity index (χ3v) is 6.41. The van der Waals surface area contributed by atoms with Crippen LogP contribution in [0.5, 0.6) is 5.75 Å². The van der Waals surface area contributed by atoms with Gasteiger partial charge in [0.15, 0.2) is 0 Å². The van der Waals surface area contributed by atoms with Gasteiger partial charge in [-0.15, -0.1) is 11.3 Å². The van der Waals surface area contributed by atoms with Crippen LogP contribution in [0.25, 0.3) is 0 Å². The molecule has 0 fully saturated rings. The highest BCUT2D eigenvalue weighted by atomic mass is 32.1. The SMILES string of the molecule is Cc1ccccc1OCC1c2ccsc2CCN1C(=O)CN(CC(C)C)CC(C)O. The lowest BCUT2D eigenvalue weighted by Crippen LogP contribution is -2.48. The summed E-state index contributed by atoms with van der Waals surface area (Å²) >= 11 is 1.76. The van der Waals surface area contributed by atoms with Gasteiger partial charge in [0.25, 0.3) is 0 Å². The summed E-state index contributed by atoms with van der Waals surface area (Å²) < 4.78 is 6.17. The number of carbonyl (C=O) groups is 1. The van der Waals surface area contributed by atoms with Gasteiger partial charge < -0.3 is 14.7 Å². The molecule has 3 rings (SSSR count). The lowest BCUT2D eigenvalue weighted by Gasteiger charge is -2.37. The van der Waals surface area contributed by atoms with Gasteiger partial charge in [-0.3, -0.25) is 9.69 Å². The number of hydrogen-bond donors (Lipinski definition) is 1. The van der Waals surface area contributed by atoms with Crippen molar-refractivity contribution >= 4 is 17.2 Å². The van der Waals surface area contributed by atoms with Gasteiger partial charge in [-0.2, -0.15) is 0 Å². The zero-order chi connectivity index (χ0) is 21.7. The fraction of sp³-hybridized carbons (Fsp3) is 0.542. The molecule has 0 saturated carbocycles. The number of nitrogens with zero attached hydrogens (tertiary/aromatic N) is 2. The quantitative estimate of drug-likeness (QED) is 0.656. The van der Waals surface area contributed by atoms with Crippen molar-refractivity contribution in [2.75, 3.05) is 32.8 Å². The lowest BCUT2D eigenvalue weighted by molar-refractivity contribution is -0.136. The molecule has 2 aromatic rings. The Morgan fingerprint density at radius 2 is 2.03 bits per heavy atom. The van der Waals surface area contributed by atoms with E-state index in [1.807, 2.05) is 36.1 Å². The van der Waals surface area contributed by atoms with E-state index >= 15 is 0 Å². The second kappa shape index (κ2) is 10.4. The Morgan fingerprint density at radius 1 is 1.27 bits per heavy atom. The summed E-state index contributed by atoms with van der Waals surface area (Å²) in [6, 6.07) is 10.0. The Morgan fingerprint density at radius 3 is 2.73 bits per heavy atom. The Bertz CT molecular complexity index is 823. The molecule has 1 N–H and O–H groups in total. The Balaban J connectivity index is 1.75. The van der Waals surface area contributed by atoms with Crippen molar-refractivity contribution in [3.8, 4) is 5.75 Å². The van der Waals surface area contributed by atoms with Gasteiger partial charge in [0.05, 0.1) is 18.7 Å². The number of benzene rings is 1. The number of rotatable bonds is 9. The molecule has 1 aromatic carbocycles. The molecule has 1 amide bonds. The van der Waals surface area contributed by atoms with Crippen LogP contribution < -0.4 is 4.74 Å². The standard InChI is InChI=1S/C24H34N2O3S/c1-17(2)13-25(14-19(4)27)15-24(28)26-11-9-23-20(10-12-30-23)21(26)16-29-22-8-6-5-7-18(22)3/h5-8,10,12,17,19,21,27H,9,11,13-16H2,1-4H3. The Kier molecular flexibility index (Phi) is 7.92. The van der Waals surface area contributed by atoms with Crippen LogP contribution in [-0.4, -0.2) is 59.7 Å². The van der Waals surface area contributed by atoms with Crippen LogP contribution in [0.2, 0.25) is 0 Å². The molecule has 0 spiro atoms. The van der Waals surface area contributed by atoms with E-state index in [1.54, 1.807) is 18.3 Å². The summed E-state index contributed by atoms with van der Waals surface area (Å²) in [4.78, 5) is 18.7. The first-order valence-corrected chi connectivity index (χ1v) is 11.7. The van der Waals surface area contributed by atoms with E-state index in [1.165, 1.54) is 10.4 Å². The third-order valence-electron chi connectivity index (χ3n) is 5.41. The highest BCUT2D eigenvalue weighted by Gasteiger charge is 2.33. The average Bonchev–Trinajstić information content (AvgIpc) is 3.15. The van der Waals surface area contributed by atoms with Gasteiger partial charge in [0.1, 0.15) is 12.4 Å². The molecule has 1 aromatic heterocycles. The van der Waals surface area contributed by atoms with Crippen LogP contribution in [0.4, 0.5) is 0 Å². The molecule has 6 heteroatoms. The number of aliphatic hydroxyl groups is 1. The van der Waals surface area contributed by atoms with Gasteiger partial charge >= 0.3 is 0 Å². The fourth-order valence-corrected chi connectivity index (χ4v) is 5.07. The molecule has 0 saturated heterocycles. The molecule has 2 unspecified atom stereocenters. The summed E-state index contributed by atoms with van der Waals surface area (Å²) in [6.07, 6.45) is 0.432. The van der Waals surface area contributed by atoms with E-state index in [2.05, 4.69) is 30.2 Å². The molecular weight excluding hydrogens is 396 g/mol. The smallest absolute Gasteiger partial charge is 0.237 e. The molecule has 1 aliphatic rings. The minimum absolute atomic E-state index is 0.0837. The highest BCUT2D eigenvalue weighted by Crippen LogP contribution is 2.34. The van der Waals surface area contributed by atoms with Crippen molar-refractivity contribution in [1.82, 2.24) is 9.80 Å². The Labute approximate surface area is 184 Å². The van der Waals surface area contributed by atoms with Gasteiger partial charge in [-0.1, -0.05) is 32.0 Å². The van der Waals surface area contributed by atoms with E-state index in [-0.39, 0.29) is 11.9 Å². The van der Waals surface area contributed by atoms with Crippen molar-refractivity contribution < 1.29 is 14.6 Å². The van der Waals surface area contributed by atoms with Crippen LogP contribution in [0.15, 0.2) is 35.7 Å². The van der Waals surface area contributed by atoms with Crippen LogP contribution in [0.3, 0.4) is 0 Å². The number of thiophene rings is 1. The van der Waals surface area contributed by atoms with Gasteiger partial charge in [-0.05, 0) is 54.8 Å². The molecule has 0 radical (unpaired) electrons. The second-order valence-electron chi connectivity index (χ2n) is 8.67. The predicted molar refractivity (Wildman–Crippen MR) is 122 cm³/mol. The number of ether oxygens (including phenoxy) is 1. The fourth-order valence-electron chi connectivity index (χ4n) is 4.14. The summed E-state index contributed by atoms with van der Waals surface area (Å²) in [6.45, 7) is 10.9. The Hall–Kier alpha value is -1.89. The first-order chi connectivity index (χ1) is 14.3. The number of hydrogen-bond acceptors (Lipinski definition) is 5. The normalized spacial score (nSPS) is 17.3. The van der Waals surface area contributed by atoms with Gasteiger partial charge in [-0.25, -0.2) is 0 Å². The van der Waals surface area contributed by atoms with Crippen LogP contribution in [0.1, 0.15) is 42.8 Å². The molecule has 2 heterocycles. The van der Waals surface area contributed by atoms with E-state index in [0.717, 1.165) is 24.3 Å². The number of aryl methyl sites for hydroxylation is 1. The summed E-state index contributed by atoms with van der Waals surface area (Å²) in [5.41, 5.74) is 2.30. The molecule has 0 aliphatic carbocycles. The van der Waals surface area contributed by atoms with Crippen LogP contribution in [0, 0.1) is 12.8 Å². The van der Waals surface area contributed by atoms with Crippen molar-refractivity contribution in [1.29, 1.82) is 0 Å². The maximum Gasteiger partial charge on any atom is 0.237 e. The van der Waals surface area contributed by atoms with E-state index in [9.17, 15) is 9.90 Å². The molecular formula is C24H34N2O3S. The van der Waals surface area contributed by atoms with Crippen molar-refractivity contribution in [2.24, 2.45) is 5.92 Å². The van der Waals surface area contributed by atoms with E-state index in [0.29, 0.717) is 32.2 Å². The van der Waals surface area contributed by atoms with Crippen molar-refractivity contribution in [2.45, 2.75) is 46.3 Å². The maximum atomic E-state index is 13.3. The zero-order valence-electron chi connectivity index (χ0n) is 18.5. The minimum atomic E-state index is -0.457. The van der Waals surface area contributed by atoms with E-state index < -0.39 is 6.10 Å². The highest BCUT2D eigenvalue weighted by molar-refractivity contribution is 7.10. The number of amides is 1. The molecule has 164 valence electrons. The topological polar surface area (TPSA) is 53.0 Å². The average molecular weight is 431 g/mol. The van der Waals surface area contributed by atoms with Crippen LogP contribution in [-0.2, 0) is 11.2 Å². The number of carbonyl (C=O) groups excluding carboxylic acids is 1. The zero-order valence-corrected chi connectivity index (χ0v) is 19.3. The monoisotopic (exact) mass is 430 g/mol. The molecule has 1 aliphatic heterocycles. The molecule has 30 heavy (non-hydrogen) atoms. The maximum absolute atomic E-state index is 13.3. The number of fused-ring (bicyclic) bond motifs is 1. The molecule has 2 atom stereocenters. The third kappa shape index (κ3) is 5.84. The number of aliphatic hydroxyl groups excluding tert-OH is 1. The van der Waals surface area contributed by atoms with Gasteiger partial charge in [0.2, 0.25) is 5.91 Å². The van der Waals surface area contributed by atoms with Crippen molar-refractivity contribution in [3.05, 3.63) is 51.7 Å². The first-order valence-electron chi connectivity index (χ1n) is 10.8. The second-order valence-corrected chi connectivity index (χ2v) is 9.67. The predicted octanol–water partition coefficient (Wildman–Crippen LogP) is 3.90. The molecule has 0 bridgehead atoms. The number of para-hydroxylation sites is 1. The first kappa shape index (κ1) is 22.8. The minimum Gasteiger partial charge on any atom is -0.491 e.